The molecule has 74 valence electrons. The second-order valence-corrected chi connectivity index (χ2v) is 4.18. The molecule has 13 heavy (non-hydrogen) atoms. The molecule has 0 aromatic rings. The summed E-state index contributed by atoms with van der Waals surface area (Å²) in [7, 11) is 5.63. The number of hydrogen-bond acceptors (Lipinski definition) is 3. The topological polar surface area (TPSA) is 27.7 Å². The van der Waals surface area contributed by atoms with Crippen LogP contribution in [0.5, 0.6) is 0 Å². The highest BCUT2D eigenvalue weighted by molar-refractivity contribution is 6.11. The highest BCUT2D eigenvalue weighted by Gasteiger charge is 2.58. The molecule has 0 N–H and O–H groups in total. The van der Waals surface area contributed by atoms with Gasteiger partial charge in [0.05, 0.1) is 12.7 Å². The molecule has 1 saturated heterocycles. The van der Waals surface area contributed by atoms with E-state index in [1.807, 2.05) is 0 Å². The third-order valence-corrected chi connectivity index (χ3v) is 3.47. The van der Waals surface area contributed by atoms with Gasteiger partial charge in [-0.1, -0.05) is 0 Å². The van der Waals surface area contributed by atoms with Crippen molar-refractivity contribution < 1.29 is 14.2 Å². The van der Waals surface area contributed by atoms with E-state index in [4.69, 9.17) is 14.2 Å². The Morgan fingerprint density at radius 2 is 2.31 bits per heavy atom. The maximum atomic E-state index is 5.94. The van der Waals surface area contributed by atoms with Gasteiger partial charge in [-0.3, -0.25) is 0 Å². The van der Waals surface area contributed by atoms with Gasteiger partial charge in [-0.2, -0.15) is 0 Å². The zero-order chi connectivity index (χ0) is 9.47. The maximum Gasteiger partial charge on any atom is 0.139 e. The van der Waals surface area contributed by atoms with Crippen LogP contribution in [0.4, 0.5) is 0 Å². The van der Waals surface area contributed by atoms with E-state index in [2.05, 4.69) is 7.85 Å². The number of hydrogen-bond donors (Lipinski definition) is 0. The average Bonchev–Trinajstić information content (AvgIpc) is 2.55. The smallest absolute Gasteiger partial charge is 0.139 e. The van der Waals surface area contributed by atoms with E-state index >= 15 is 0 Å². The van der Waals surface area contributed by atoms with E-state index in [1.54, 1.807) is 14.2 Å². The third-order valence-electron chi connectivity index (χ3n) is 3.47. The number of rotatable bonds is 3. The lowest BCUT2D eigenvalue weighted by molar-refractivity contribution is -0.114. The maximum absolute atomic E-state index is 5.94. The summed E-state index contributed by atoms with van der Waals surface area (Å²) in [5.74, 6) is 0.570. The van der Waals surface area contributed by atoms with Gasteiger partial charge in [-0.05, 0) is 12.8 Å². The Balaban J connectivity index is 2.17. The molecule has 1 unspecified atom stereocenters. The van der Waals surface area contributed by atoms with Crippen molar-refractivity contribution in [2.45, 2.75) is 30.5 Å². The zero-order valence-corrected chi connectivity index (χ0v) is 8.58. The van der Waals surface area contributed by atoms with Crippen LogP contribution in [-0.2, 0) is 14.2 Å². The highest BCUT2D eigenvalue weighted by Crippen LogP contribution is 2.48. The molecule has 1 saturated carbocycles. The number of fused-ring (bicyclic) bond motifs is 2. The lowest BCUT2D eigenvalue weighted by Crippen LogP contribution is -2.42. The Morgan fingerprint density at radius 3 is 2.85 bits per heavy atom. The van der Waals surface area contributed by atoms with Crippen molar-refractivity contribution in [1.82, 2.24) is 0 Å². The summed E-state index contributed by atoms with van der Waals surface area (Å²) in [5.41, 5.74) is -0.145. The molecular weight excluding hydrogens is 167 g/mol. The molecule has 1 aliphatic carbocycles. The molecule has 0 spiro atoms. The monoisotopic (exact) mass is 184 g/mol. The molecule has 0 amide bonds. The van der Waals surface area contributed by atoms with Crippen LogP contribution < -0.4 is 0 Å². The van der Waals surface area contributed by atoms with E-state index < -0.39 is 0 Å². The van der Waals surface area contributed by atoms with Crippen LogP contribution in [0, 0.1) is 5.92 Å². The average molecular weight is 184 g/mol. The van der Waals surface area contributed by atoms with Crippen molar-refractivity contribution in [3.8, 4) is 0 Å². The summed E-state index contributed by atoms with van der Waals surface area (Å²) in [5, 5.41) is 0. The summed E-state index contributed by atoms with van der Waals surface area (Å²) < 4.78 is 16.7. The van der Waals surface area contributed by atoms with E-state index in [1.165, 1.54) is 6.42 Å². The van der Waals surface area contributed by atoms with Crippen molar-refractivity contribution >= 4 is 7.85 Å². The molecule has 2 bridgehead atoms. The lowest BCUT2D eigenvalue weighted by atomic mass is 9.85. The minimum absolute atomic E-state index is 0.145. The first-order valence-electron chi connectivity index (χ1n) is 4.93. The summed E-state index contributed by atoms with van der Waals surface area (Å²) in [6.45, 7) is 0.659. The minimum atomic E-state index is -0.145. The van der Waals surface area contributed by atoms with Crippen LogP contribution in [0.3, 0.4) is 0 Å². The Kier molecular flexibility index (Phi) is 2.38. The Bertz CT molecular complexity index is 199. The van der Waals surface area contributed by atoms with Gasteiger partial charge in [0.25, 0.3) is 0 Å². The van der Waals surface area contributed by atoms with Crippen LogP contribution in [-0.4, -0.2) is 46.4 Å². The molecule has 1 heterocycles. The summed E-state index contributed by atoms with van der Waals surface area (Å²) in [6, 6.07) is 0.328. The van der Waals surface area contributed by atoms with Gasteiger partial charge >= 0.3 is 0 Å². The van der Waals surface area contributed by atoms with Crippen LogP contribution >= 0.6 is 0 Å². The molecule has 0 aromatic heterocycles. The fourth-order valence-electron chi connectivity index (χ4n) is 2.98. The molecule has 4 heteroatoms. The second-order valence-electron chi connectivity index (χ2n) is 4.18. The van der Waals surface area contributed by atoms with Crippen molar-refractivity contribution in [3.63, 3.8) is 0 Å². The molecular formula is C9H17BO3. The Labute approximate surface area is 80.1 Å². The van der Waals surface area contributed by atoms with E-state index in [-0.39, 0.29) is 11.7 Å². The van der Waals surface area contributed by atoms with Gasteiger partial charge in [-0.15, -0.1) is 0 Å². The van der Waals surface area contributed by atoms with Gasteiger partial charge in [-0.25, -0.2) is 0 Å². The number of ether oxygens (including phenoxy) is 3. The molecule has 0 aromatic carbocycles. The van der Waals surface area contributed by atoms with Crippen molar-refractivity contribution in [2.24, 2.45) is 5.92 Å². The Hall–Kier alpha value is -0.0551. The highest BCUT2D eigenvalue weighted by atomic mass is 16.6. The molecule has 3 nitrogen and oxygen atoms in total. The van der Waals surface area contributed by atoms with Crippen LogP contribution in [0.1, 0.15) is 12.8 Å². The lowest BCUT2D eigenvalue weighted by Gasteiger charge is -2.30. The molecule has 2 aliphatic rings. The number of methoxy groups -OCH3 is 2. The van der Waals surface area contributed by atoms with Crippen LogP contribution in [0.15, 0.2) is 0 Å². The predicted octanol–water partition coefficient (Wildman–Crippen LogP) is -0.214. The normalized spacial score (nSPS) is 48.6. The van der Waals surface area contributed by atoms with E-state index in [0.29, 0.717) is 18.5 Å². The second kappa shape index (κ2) is 3.26. The molecule has 2 rings (SSSR count). The molecule has 2 fully saturated rings. The van der Waals surface area contributed by atoms with E-state index in [0.717, 1.165) is 6.42 Å². The van der Waals surface area contributed by atoms with Crippen LogP contribution in [0.2, 0.25) is 0 Å². The Morgan fingerprint density at radius 1 is 1.54 bits per heavy atom. The largest absolute Gasteiger partial charge is 0.382 e. The summed E-state index contributed by atoms with van der Waals surface area (Å²) in [4.78, 5) is 0. The zero-order valence-electron chi connectivity index (χ0n) is 8.58. The summed E-state index contributed by atoms with van der Waals surface area (Å²) >= 11 is 0. The quantitative estimate of drug-likeness (QED) is 0.568. The fourth-order valence-corrected chi connectivity index (χ4v) is 2.98. The first-order valence-corrected chi connectivity index (χ1v) is 4.93. The molecule has 1 aliphatic heterocycles. The predicted molar refractivity (Wildman–Crippen MR) is 51.5 cm³/mol. The molecule has 4 atom stereocenters. The van der Waals surface area contributed by atoms with Gasteiger partial charge < -0.3 is 14.2 Å². The van der Waals surface area contributed by atoms with Crippen molar-refractivity contribution in [2.75, 3.05) is 20.8 Å². The first kappa shape index (κ1) is 9.50. The van der Waals surface area contributed by atoms with Gasteiger partial charge in [0.1, 0.15) is 13.4 Å². The molecule has 0 radical (unpaired) electrons. The fraction of sp³-hybridized carbons (Fsp3) is 1.00. The third kappa shape index (κ3) is 1.23. The van der Waals surface area contributed by atoms with Crippen molar-refractivity contribution in [1.29, 1.82) is 0 Å². The summed E-state index contributed by atoms with van der Waals surface area (Å²) in [6.07, 6.45) is 2.53. The van der Waals surface area contributed by atoms with E-state index in [9.17, 15) is 0 Å². The van der Waals surface area contributed by atoms with Gasteiger partial charge in [0.15, 0.2) is 0 Å². The van der Waals surface area contributed by atoms with Crippen LogP contribution in [0.25, 0.3) is 0 Å². The van der Waals surface area contributed by atoms with Crippen molar-refractivity contribution in [3.05, 3.63) is 0 Å². The first-order chi connectivity index (χ1) is 6.23. The standard InChI is InChI=1S/C9H17BO3/c1-11-5-9-4-3-6(7(9)12-2)8(10)13-9/h6-8H,3-5,10H2,1-2H3/t6?,7-,8-,9-/m1/s1. The minimum Gasteiger partial charge on any atom is -0.382 e. The SMILES string of the molecule is B[C@@H]1O[C@@]2(COC)CCC1[C@H]2OC. The van der Waals surface area contributed by atoms with Gasteiger partial charge in [0.2, 0.25) is 0 Å². The van der Waals surface area contributed by atoms with Gasteiger partial charge in [0, 0.05) is 26.1 Å².